The van der Waals surface area contributed by atoms with E-state index >= 15 is 0 Å². The third kappa shape index (κ3) is 4.99. The smallest absolute Gasteiger partial charge is 0.230 e. The number of anilines is 2. The van der Waals surface area contributed by atoms with Crippen LogP contribution >= 0.6 is 23.1 Å². The topological polar surface area (TPSA) is 66.9 Å². The summed E-state index contributed by atoms with van der Waals surface area (Å²) in [6, 6.07) is 8.23. The summed E-state index contributed by atoms with van der Waals surface area (Å²) < 4.78 is 0.787. The first-order valence-electron chi connectivity index (χ1n) is 7.16. The second-order valence-electron chi connectivity index (χ2n) is 4.98. The lowest BCUT2D eigenvalue weighted by Crippen LogP contribution is -2.33. The zero-order chi connectivity index (χ0) is 15.9. The Balaban J connectivity index is 1.87. The van der Waals surface area contributed by atoms with Crippen molar-refractivity contribution in [3.63, 3.8) is 0 Å². The molecule has 5 nitrogen and oxygen atoms in total. The van der Waals surface area contributed by atoms with E-state index < -0.39 is 0 Å². The fourth-order valence-electron chi connectivity index (χ4n) is 1.69. The first-order valence-corrected chi connectivity index (χ1v) is 8.97. The number of aryl methyl sites for hydroxylation is 1. The van der Waals surface area contributed by atoms with E-state index in [0.29, 0.717) is 5.75 Å². The Labute approximate surface area is 138 Å². The normalized spacial score (nSPS) is 12.0. The molecule has 1 amide bonds. The van der Waals surface area contributed by atoms with Crippen LogP contribution < -0.4 is 10.6 Å². The number of carbonyl (C=O) groups excluding carboxylic acids is 1. The molecule has 1 atom stereocenters. The molecule has 0 saturated carbocycles. The van der Waals surface area contributed by atoms with Crippen LogP contribution in [0, 0.1) is 6.92 Å². The molecule has 0 aliphatic rings. The average Bonchev–Trinajstić information content (AvgIpc) is 2.95. The molecule has 2 N–H and O–H groups in total. The van der Waals surface area contributed by atoms with Gasteiger partial charge in [-0.05, 0) is 31.9 Å². The molecule has 2 rings (SSSR count). The van der Waals surface area contributed by atoms with Gasteiger partial charge in [0.2, 0.25) is 11.0 Å². The Morgan fingerprint density at radius 2 is 2.14 bits per heavy atom. The minimum Gasteiger partial charge on any atom is -0.353 e. The van der Waals surface area contributed by atoms with Crippen LogP contribution in [0.2, 0.25) is 0 Å². The maximum absolute atomic E-state index is 11.7. The molecule has 0 spiro atoms. The van der Waals surface area contributed by atoms with Crippen molar-refractivity contribution in [2.75, 3.05) is 11.1 Å². The highest BCUT2D eigenvalue weighted by atomic mass is 32.2. The molecule has 7 heteroatoms. The number of thioether (sulfide) groups is 1. The van der Waals surface area contributed by atoms with Gasteiger partial charge in [0.15, 0.2) is 4.34 Å². The first kappa shape index (κ1) is 16.8. The van der Waals surface area contributed by atoms with E-state index in [-0.39, 0.29) is 11.9 Å². The van der Waals surface area contributed by atoms with E-state index in [1.807, 2.05) is 45.0 Å². The van der Waals surface area contributed by atoms with Crippen molar-refractivity contribution in [1.82, 2.24) is 15.5 Å². The van der Waals surface area contributed by atoms with Crippen LogP contribution in [0.1, 0.15) is 25.8 Å². The Hall–Kier alpha value is -1.60. The highest BCUT2D eigenvalue weighted by Crippen LogP contribution is 2.28. The van der Waals surface area contributed by atoms with Crippen LogP contribution in [0.3, 0.4) is 0 Å². The molecule has 1 heterocycles. The van der Waals surface area contributed by atoms with Crippen LogP contribution in [0.4, 0.5) is 10.8 Å². The standard InChI is InChI=1S/C15H20N4OS2/c1-4-11(3)16-13(20)9-21-15-19-18-14(22-15)17-12-8-6-5-7-10(12)2/h5-8,11H,4,9H2,1-3H3,(H,16,20)(H,17,18)/t11-/m0/s1. The lowest BCUT2D eigenvalue weighted by atomic mass is 10.2. The monoisotopic (exact) mass is 336 g/mol. The molecule has 2 aromatic rings. The van der Waals surface area contributed by atoms with E-state index in [1.54, 1.807) is 0 Å². The van der Waals surface area contributed by atoms with Gasteiger partial charge in [0.05, 0.1) is 5.75 Å². The fourth-order valence-corrected chi connectivity index (χ4v) is 3.27. The van der Waals surface area contributed by atoms with Crippen molar-refractivity contribution in [3.8, 4) is 0 Å². The summed E-state index contributed by atoms with van der Waals surface area (Å²) >= 11 is 2.86. The lowest BCUT2D eigenvalue weighted by Gasteiger charge is -2.10. The van der Waals surface area contributed by atoms with Crippen molar-refractivity contribution < 1.29 is 4.79 Å². The van der Waals surface area contributed by atoms with Gasteiger partial charge in [0, 0.05) is 11.7 Å². The molecule has 1 aromatic heterocycles. The van der Waals surface area contributed by atoms with Gasteiger partial charge in [-0.25, -0.2) is 0 Å². The predicted molar refractivity (Wildman–Crippen MR) is 93.0 cm³/mol. The summed E-state index contributed by atoms with van der Waals surface area (Å²) in [6.07, 6.45) is 0.930. The fraction of sp³-hybridized carbons (Fsp3) is 0.400. The third-order valence-electron chi connectivity index (χ3n) is 3.14. The molecule has 0 radical (unpaired) electrons. The minimum absolute atomic E-state index is 0.0305. The number of rotatable bonds is 7. The maximum atomic E-state index is 11.7. The van der Waals surface area contributed by atoms with Crippen LogP contribution in [-0.4, -0.2) is 27.9 Å². The number of hydrogen-bond donors (Lipinski definition) is 2. The highest BCUT2D eigenvalue weighted by molar-refractivity contribution is 8.01. The number of carbonyl (C=O) groups is 1. The lowest BCUT2D eigenvalue weighted by molar-refractivity contribution is -0.119. The summed E-state index contributed by atoms with van der Waals surface area (Å²) in [5, 5.41) is 15.1. The van der Waals surface area contributed by atoms with E-state index in [2.05, 4.69) is 20.8 Å². The number of amides is 1. The second kappa shape index (κ2) is 8.14. The SMILES string of the molecule is CC[C@H](C)NC(=O)CSc1nnc(Nc2ccccc2C)s1. The summed E-state index contributed by atoms with van der Waals surface area (Å²) in [5.41, 5.74) is 2.17. The minimum atomic E-state index is 0.0305. The molecule has 0 aliphatic carbocycles. The molecular weight excluding hydrogens is 316 g/mol. The quantitative estimate of drug-likeness (QED) is 0.756. The Kier molecular flexibility index (Phi) is 6.21. The molecular formula is C15H20N4OS2. The van der Waals surface area contributed by atoms with Gasteiger partial charge in [0.25, 0.3) is 0 Å². The van der Waals surface area contributed by atoms with E-state index in [1.165, 1.54) is 23.1 Å². The number of benzene rings is 1. The van der Waals surface area contributed by atoms with Gasteiger partial charge in [-0.15, -0.1) is 10.2 Å². The third-order valence-corrected chi connectivity index (χ3v) is 5.11. The van der Waals surface area contributed by atoms with Crippen LogP contribution in [0.25, 0.3) is 0 Å². The maximum Gasteiger partial charge on any atom is 0.230 e. The highest BCUT2D eigenvalue weighted by Gasteiger charge is 2.10. The number of hydrogen-bond acceptors (Lipinski definition) is 6. The Morgan fingerprint density at radius 1 is 1.36 bits per heavy atom. The van der Waals surface area contributed by atoms with Crippen LogP contribution in [0.15, 0.2) is 28.6 Å². The molecule has 0 saturated heterocycles. The summed E-state index contributed by atoms with van der Waals surface area (Å²) in [6.45, 7) is 6.09. The second-order valence-corrected chi connectivity index (χ2v) is 7.18. The van der Waals surface area contributed by atoms with Gasteiger partial charge < -0.3 is 10.6 Å². The van der Waals surface area contributed by atoms with Crippen molar-refractivity contribution in [3.05, 3.63) is 29.8 Å². The summed E-state index contributed by atoms with van der Waals surface area (Å²) in [5.74, 6) is 0.395. The number of aromatic nitrogens is 2. The van der Waals surface area contributed by atoms with E-state index in [0.717, 1.165) is 27.1 Å². The molecule has 118 valence electrons. The first-order chi connectivity index (χ1) is 10.6. The molecule has 0 aliphatic heterocycles. The van der Waals surface area contributed by atoms with Gasteiger partial charge in [0.1, 0.15) is 0 Å². The number of para-hydroxylation sites is 1. The van der Waals surface area contributed by atoms with Crippen molar-refractivity contribution in [2.45, 2.75) is 37.6 Å². The molecule has 0 fully saturated rings. The Bertz CT molecular complexity index is 630. The van der Waals surface area contributed by atoms with Crippen LogP contribution in [-0.2, 0) is 4.79 Å². The Morgan fingerprint density at radius 3 is 2.86 bits per heavy atom. The van der Waals surface area contributed by atoms with Crippen molar-refractivity contribution in [2.24, 2.45) is 0 Å². The largest absolute Gasteiger partial charge is 0.353 e. The summed E-state index contributed by atoms with van der Waals surface area (Å²) in [7, 11) is 0. The average molecular weight is 336 g/mol. The van der Waals surface area contributed by atoms with Gasteiger partial charge in [-0.1, -0.05) is 48.2 Å². The van der Waals surface area contributed by atoms with Gasteiger partial charge >= 0.3 is 0 Å². The zero-order valence-electron chi connectivity index (χ0n) is 12.9. The zero-order valence-corrected chi connectivity index (χ0v) is 14.6. The number of nitrogens with zero attached hydrogens (tertiary/aromatic N) is 2. The molecule has 0 unspecified atom stereocenters. The van der Waals surface area contributed by atoms with Crippen molar-refractivity contribution in [1.29, 1.82) is 0 Å². The van der Waals surface area contributed by atoms with E-state index in [9.17, 15) is 4.79 Å². The van der Waals surface area contributed by atoms with Crippen LogP contribution in [0.5, 0.6) is 0 Å². The van der Waals surface area contributed by atoms with E-state index in [4.69, 9.17) is 0 Å². The molecule has 1 aromatic carbocycles. The van der Waals surface area contributed by atoms with Gasteiger partial charge in [-0.2, -0.15) is 0 Å². The molecule has 22 heavy (non-hydrogen) atoms. The van der Waals surface area contributed by atoms with Gasteiger partial charge in [-0.3, -0.25) is 4.79 Å². The molecule has 0 bridgehead atoms. The number of nitrogens with one attached hydrogen (secondary N) is 2. The predicted octanol–water partition coefficient (Wildman–Crippen LogP) is 3.60. The van der Waals surface area contributed by atoms with Crippen molar-refractivity contribution >= 4 is 39.8 Å². The summed E-state index contributed by atoms with van der Waals surface area (Å²) in [4.78, 5) is 11.7.